The normalized spacial score (nSPS) is 11.1. The molecule has 23 heavy (non-hydrogen) atoms. The molecule has 5 nitrogen and oxygen atoms in total. The molecule has 0 fully saturated rings. The van der Waals surface area contributed by atoms with Crippen LogP contribution in [0.25, 0.3) is 10.1 Å². The van der Waals surface area contributed by atoms with Gasteiger partial charge in [-0.1, -0.05) is 18.2 Å². The zero-order valence-electron chi connectivity index (χ0n) is 12.6. The molecular formula is C17H15N3O2S. The molecule has 1 heterocycles. The molecule has 6 heteroatoms. The Kier molecular flexibility index (Phi) is 5.74. The quantitative estimate of drug-likeness (QED) is 0.652. The summed E-state index contributed by atoms with van der Waals surface area (Å²) in [5.41, 5.74) is 0.939. The predicted molar refractivity (Wildman–Crippen MR) is 88.4 cm³/mol. The molecule has 0 aliphatic carbocycles. The summed E-state index contributed by atoms with van der Waals surface area (Å²) in [7, 11) is 0. The molecule has 1 N–H and O–H groups in total. The smallest absolute Gasteiger partial charge is 0.328 e. The lowest BCUT2D eigenvalue weighted by atomic mass is 10.1. The fourth-order valence-electron chi connectivity index (χ4n) is 2.14. The number of thiophene rings is 1. The van der Waals surface area contributed by atoms with Crippen molar-refractivity contribution in [1.82, 2.24) is 5.32 Å². The number of carbonyl (C=O) groups is 1. The van der Waals surface area contributed by atoms with Crippen LogP contribution in [0.2, 0.25) is 0 Å². The van der Waals surface area contributed by atoms with Crippen molar-refractivity contribution in [1.29, 1.82) is 10.5 Å². The van der Waals surface area contributed by atoms with E-state index in [2.05, 4.69) is 5.32 Å². The summed E-state index contributed by atoms with van der Waals surface area (Å²) in [5.74, 6) is -0.408. The Morgan fingerprint density at radius 1 is 1.39 bits per heavy atom. The van der Waals surface area contributed by atoms with Crippen LogP contribution in [-0.2, 0) is 16.0 Å². The first kappa shape index (κ1) is 16.5. The fraction of sp³-hybridized carbons (Fsp3) is 0.235. The van der Waals surface area contributed by atoms with Gasteiger partial charge in [-0.05, 0) is 29.3 Å². The zero-order chi connectivity index (χ0) is 16.7. The topological polar surface area (TPSA) is 85.9 Å². The zero-order valence-corrected chi connectivity index (χ0v) is 13.4. The first-order valence-electron chi connectivity index (χ1n) is 7.07. The molecular weight excluding hydrogens is 310 g/mol. The summed E-state index contributed by atoms with van der Waals surface area (Å²) in [5, 5.41) is 23.5. The van der Waals surface area contributed by atoms with Gasteiger partial charge in [-0.25, -0.2) is 4.79 Å². The molecule has 0 aliphatic rings. The van der Waals surface area contributed by atoms with Gasteiger partial charge in [0.1, 0.15) is 23.8 Å². The van der Waals surface area contributed by atoms with Gasteiger partial charge in [0.15, 0.2) is 0 Å². The molecule has 116 valence electrons. The van der Waals surface area contributed by atoms with Crippen molar-refractivity contribution in [2.24, 2.45) is 0 Å². The van der Waals surface area contributed by atoms with E-state index in [1.165, 1.54) is 6.20 Å². The van der Waals surface area contributed by atoms with Crippen LogP contribution in [0.1, 0.15) is 12.5 Å². The third-order valence-electron chi connectivity index (χ3n) is 3.23. The van der Waals surface area contributed by atoms with Crippen molar-refractivity contribution in [3.8, 4) is 12.1 Å². The van der Waals surface area contributed by atoms with Gasteiger partial charge >= 0.3 is 5.97 Å². The minimum atomic E-state index is -0.648. The number of fused-ring (bicyclic) bond motifs is 1. The van der Waals surface area contributed by atoms with Gasteiger partial charge in [-0.2, -0.15) is 10.5 Å². The third-order valence-corrected chi connectivity index (χ3v) is 4.24. The lowest BCUT2D eigenvalue weighted by Crippen LogP contribution is -2.37. The number of nitrogens with zero attached hydrogens (tertiary/aromatic N) is 2. The summed E-state index contributed by atoms with van der Waals surface area (Å²) in [6, 6.07) is 10.8. The maximum atomic E-state index is 12.1. The molecule has 0 aliphatic heterocycles. The number of nitrogens with one attached hydrogen (secondary N) is 1. The monoisotopic (exact) mass is 325 g/mol. The summed E-state index contributed by atoms with van der Waals surface area (Å²) in [4.78, 5) is 12.1. The highest BCUT2D eigenvalue weighted by Crippen LogP contribution is 2.26. The highest BCUT2D eigenvalue weighted by atomic mass is 32.1. The number of hydrogen-bond donors (Lipinski definition) is 1. The molecule has 0 saturated carbocycles. The van der Waals surface area contributed by atoms with E-state index in [9.17, 15) is 4.79 Å². The Balaban J connectivity index is 2.24. The summed E-state index contributed by atoms with van der Waals surface area (Å²) in [6.45, 7) is 2.01. The van der Waals surface area contributed by atoms with E-state index in [-0.39, 0.29) is 12.2 Å². The Labute approximate surface area is 138 Å². The van der Waals surface area contributed by atoms with E-state index in [4.69, 9.17) is 15.3 Å². The van der Waals surface area contributed by atoms with Crippen molar-refractivity contribution in [2.75, 3.05) is 6.61 Å². The number of nitriles is 2. The van der Waals surface area contributed by atoms with E-state index < -0.39 is 12.0 Å². The number of rotatable bonds is 6. The highest BCUT2D eigenvalue weighted by Gasteiger charge is 2.20. The van der Waals surface area contributed by atoms with Gasteiger partial charge in [0.25, 0.3) is 0 Å². The van der Waals surface area contributed by atoms with Crippen LogP contribution in [0, 0.1) is 22.7 Å². The Bertz CT molecular complexity index is 795. The molecule has 0 spiro atoms. The maximum Gasteiger partial charge on any atom is 0.328 e. The van der Waals surface area contributed by atoms with Crippen LogP contribution in [0.3, 0.4) is 0 Å². The van der Waals surface area contributed by atoms with Crippen molar-refractivity contribution in [3.63, 3.8) is 0 Å². The average Bonchev–Trinajstić information content (AvgIpc) is 2.98. The number of benzene rings is 1. The SMILES string of the molecule is CCOC(=O)C(Cc1csc2ccccc12)NC=C(C#N)C#N. The molecule has 1 atom stereocenters. The van der Waals surface area contributed by atoms with Crippen LogP contribution in [-0.4, -0.2) is 18.6 Å². The molecule has 0 bridgehead atoms. The number of carbonyl (C=O) groups excluding carboxylic acids is 1. The van der Waals surface area contributed by atoms with Crippen LogP contribution in [0.4, 0.5) is 0 Å². The lowest BCUT2D eigenvalue weighted by molar-refractivity contribution is -0.145. The maximum absolute atomic E-state index is 12.1. The molecule has 0 amide bonds. The van der Waals surface area contributed by atoms with Crippen molar-refractivity contribution < 1.29 is 9.53 Å². The highest BCUT2D eigenvalue weighted by molar-refractivity contribution is 7.17. The standard InChI is InChI=1S/C17H15N3O2S/c1-2-22-17(21)15(20-10-12(8-18)9-19)7-13-11-23-16-6-4-3-5-14(13)16/h3-6,10-11,15,20H,2,7H2,1H3. The Morgan fingerprint density at radius 2 is 2.13 bits per heavy atom. The molecule has 0 radical (unpaired) electrons. The molecule has 0 saturated heterocycles. The Morgan fingerprint density at radius 3 is 2.83 bits per heavy atom. The second-order valence-corrected chi connectivity index (χ2v) is 5.63. The Hall–Kier alpha value is -2.83. The van der Waals surface area contributed by atoms with Crippen LogP contribution < -0.4 is 5.32 Å². The molecule has 1 unspecified atom stereocenters. The largest absolute Gasteiger partial charge is 0.464 e. The number of hydrogen-bond acceptors (Lipinski definition) is 6. The first-order valence-corrected chi connectivity index (χ1v) is 7.95. The molecule has 2 aromatic rings. The number of ether oxygens (including phenoxy) is 1. The van der Waals surface area contributed by atoms with Gasteiger partial charge in [0.2, 0.25) is 0 Å². The van der Waals surface area contributed by atoms with E-state index in [1.54, 1.807) is 30.4 Å². The number of esters is 1. The van der Waals surface area contributed by atoms with Crippen molar-refractivity contribution >= 4 is 27.4 Å². The van der Waals surface area contributed by atoms with Gasteiger partial charge in [-0.3, -0.25) is 0 Å². The fourth-order valence-corrected chi connectivity index (χ4v) is 3.11. The molecule has 1 aromatic carbocycles. The minimum Gasteiger partial charge on any atom is -0.464 e. The molecule has 1 aromatic heterocycles. The van der Waals surface area contributed by atoms with E-state index in [1.807, 2.05) is 29.6 Å². The predicted octanol–water partition coefficient (Wildman–Crippen LogP) is 2.90. The second kappa shape index (κ2) is 7.98. The van der Waals surface area contributed by atoms with Gasteiger partial charge in [-0.15, -0.1) is 11.3 Å². The van der Waals surface area contributed by atoms with Crippen molar-refractivity contribution in [3.05, 3.63) is 47.0 Å². The second-order valence-electron chi connectivity index (χ2n) is 4.71. The average molecular weight is 325 g/mol. The van der Waals surface area contributed by atoms with E-state index >= 15 is 0 Å². The summed E-state index contributed by atoms with van der Waals surface area (Å²) >= 11 is 1.61. The van der Waals surface area contributed by atoms with Gasteiger partial charge in [0, 0.05) is 17.3 Å². The summed E-state index contributed by atoms with van der Waals surface area (Å²) in [6.07, 6.45) is 1.68. The van der Waals surface area contributed by atoms with Crippen LogP contribution in [0.15, 0.2) is 41.4 Å². The van der Waals surface area contributed by atoms with Gasteiger partial charge < -0.3 is 10.1 Å². The first-order chi connectivity index (χ1) is 11.2. The molecule has 2 rings (SSSR count). The summed E-state index contributed by atoms with van der Waals surface area (Å²) < 4.78 is 6.22. The number of allylic oxidation sites excluding steroid dienone is 1. The minimum absolute atomic E-state index is 0.0884. The van der Waals surface area contributed by atoms with Crippen LogP contribution in [0.5, 0.6) is 0 Å². The van der Waals surface area contributed by atoms with Crippen LogP contribution >= 0.6 is 11.3 Å². The lowest BCUT2D eigenvalue weighted by Gasteiger charge is -2.15. The third kappa shape index (κ3) is 4.09. The van der Waals surface area contributed by atoms with E-state index in [0.29, 0.717) is 6.42 Å². The van der Waals surface area contributed by atoms with Crippen molar-refractivity contribution in [2.45, 2.75) is 19.4 Å². The van der Waals surface area contributed by atoms with Gasteiger partial charge in [0.05, 0.1) is 6.61 Å². The van der Waals surface area contributed by atoms with E-state index in [0.717, 1.165) is 15.6 Å².